The molecule has 1 aliphatic heterocycles. The normalized spacial score (nSPS) is 15.7. The van der Waals surface area contributed by atoms with Crippen molar-refractivity contribution in [3.8, 4) is 0 Å². The lowest BCUT2D eigenvalue weighted by Gasteiger charge is -2.21. The number of rotatable bonds is 3. The van der Waals surface area contributed by atoms with Gasteiger partial charge in [0.2, 0.25) is 5.91 Å². The van der Waals surface area contributed by atoms with Gasteiger partial charge in [0.1, 0.15) is 5.82 Å². The first-order valence-electron chi connectivity index (χ1n) is 8.94. The van der Waals surface area contributed by atoms with Gasteiger partial charge in [-0.1, -0.05) is 6.07 Å². The Morgan fingerprint density at radius 3 is 2.62 bits per heavy atom. The summed E-state index contributed by atoms with van der Waals surface area (Å²) in [4.78, 5) is 42.1. The molecule has 0 saturated heterocycles. The van der Waals surface area contributed by atoms with Gasteiger partial charge in [0.25, 0.3) is 5.56 Å². The van der Waals surface area contributed by atoms with Crippen molar-refractivity contribution in [2.75, 3.05) is 0 Å². The fourth-order valence-corrected chi connectivity index (χ4v) is 4.01. The molecule has 1 aromatic heterocycles. The Balaban J connectivity index is 1.47. The number of hydrogen-bond acceptors (Lipinski definition) is 3. The molecule has 0 saturated carbocycles. The van der Waals surface area contributed by atoms with Gasteiger partial charge >= 0.3 is 5.69 Å². The zero-order valence-corrected chi connectivity index (χ0v) is 14.4. The highest BCUT2D eigenvalue weighted by Crippen LogP contribution is 2.28. The molecule has 1 aliphatic carbocycles. The molecule has 1 aromatic carbocycles. The van der Waals surface area contributed by atoms with Crippen molar-refractivity contribution in [2.24, 2.45) is 0 Å². The minimum Gasteiger partial charge on any atom is -0.332 e. The maximum atomic E-state index is 14.0. The van der Waals surface area contributed by atoms with Crippen LogP contribution in [0.5, 0.6) is 0 Å². The van der Waals surface area contributed by atoms with Crippen molar-refractivity contribution < 1.29 is 9.18 Å². The molecule has 0 atom stereocenters. The maximum absolute atomic E-state index is 14.0. The number of fused-ring (bicyclic) bond motifs is 2. The molecule has 2 N–H and O–H groups in total. The van der Waals surface area contributed by atoms with Gasteiger partial charge < -0.3 is 9.88 Å². The third kappa shape index (κ3) is 2.98. The lowest BCUT2D eigenvalue weighted by atomic mass is 9.86. The van der Waals surface area contributed by atoms with Crippen LogP contribution < -0.4 is 11.2 Å². The molecule has 2 aliphatic rings. The first kappa shape index (κ1) is 16.8. The van der Waals surface area contributed by atoms with Gasteiger partial charge in [-0.25, -0.2) is 9.18 Å². The summed E-state index contributed by atoms with van der Waals surface area (Å²) in [6, 6.07) is 3.29. The molecule has 2 aromatic rings. The third-order valence-electron chi connectivity index (χ3n) is 5.36. The standard InChI is InChI=1S/C19H20FN3O3/c20-15-7-5-11(12-3-1-2-4-13(12)15)6-8-17(24)23-9-14-16(10-23)21-19(26)22-18(14)25/h5,7H,1-4,6,8-10H2,(H2,21,22,25,26). The Morgan fingerprint density at radius 1 is 1.04 bits per heavy atom. The molecular formula is C19H20FN3O3. The van der Waals surface area contributed by atoms with Gasteiger partial charge in [-0.2, -0.15) is 0 Å². The van der Waals surface area contributed by atoms with Gasteiger partial charge in [0, 0.05) is 12.1 Å². The Bertz CT molecular complexity index is 992. The topological polar surface area (TPSA) is 86.0 Å². The van der Waals surface area contributed by atoms with Crippen LogP contribution in [0.1, 0.15) is 47.2 Å². The van der Waals surface area contributed by atoms with Gasteiger partial charge in [-0.15, -0.1) is 0 Å². The van der Waals surface area contributed by atoms with E-state index < -0.39 is 11.2 Å². The average Bonchev–Trinajstić information content (AvgIpc) is 3.06. The number of aromatic amines is 2. The number of hydrogen-bond donors (Lipinski definition) is 2. The highest BCUT2D eigenvalue weighted by molar-refractivity contribution is 5.77. The number of nitrogens with one attached hydrogen (secondary N) is 2. The lowest BCUT2D eigenvalue weighted by molar-refractivity contribution is -0.131. The minimum atomic E-state index is -0.555. The number of amides is 1. The van der Waals surface area contributed by atoms with Crippen LogP contribution in [0.3, 0.4) is 0 Å². The molecule has 6 nitrogen and oxygen atoms in total. The molecule has 4 rings (SSSR count). The Morgan fingerprint density at radius 2 is 1.81 bits per heavy atom. The summed E-state index contributed by atoms with van der Waals surface area (Å²) in [5.41, 5.74) is 2.86. The van der Waals surface area contributed by atoms with Gasteiger partial charge in [0.15, 0.2) is 0 Å². The predicted molar refractivity (Wildman–Crippen MR) is 93.3 cm³/mol. The summed E-state index contributed by atoms with van der Waals surface area (Å²) >= 11 is 0. The number of H-pyrrole nitrogens is 2. The highest BCUT2D eigenvalue weighted by Gasteiger charge is 2.26. The fraction of sp³-hybridized carbons (Fsp3) is 0.421. The third-order valence-corrected chi connectivity index (χ3v) is 5.36. The molecule has 0 spiro atoms. The van der Waals surface area contributed by atoms with Crippen LogP contribution in [0.4, 0.5) is 4.39 Å². The van der Waals surface area contributed by atoms with E-state index in [4.69, 9.17) is 0 Å². The van der Waals surface area contributed by atoms with E-state index in [0.29, 0.717) is 24.1 Å². The van der Waals surface area contributed by atoms with Gasteiger partial charge in [-0.3, -0.25) is 14.6 Å². The largest absolute Gasteiger partial charge is 0.332 e. The predicted octanol–water partition coefficient (Wildman–Crippen LogP) is 1.56. The van der Waals surface area contributed by atoms with Gasteiger partial charge in [0.05, 0.1) is 18.7 Å². The fourth-order valence-electron chi connectivity index (χ4n) is 4.01. The summed E-state index contributed by atoms with van der Waals surface area (Å²) in [5.74, 6) is -0.219. The van der Waals surface area contributed by atoms with E-state index in [1.165, 1.54) is 6.07 Å². The van der Waals surface area contributed by atoms with Crippen LogP contribution in [0.25, 0.3) is 0 Å². The summed E-state index contributed by atoms with van der Waals surface area (Å²) in [7, 11) is 0. The molecule has 0 fully saturated rings. The number of carbonyl (C=O) groups excluding carboxylic acids is 1. The van der Waals surface area contributed by atoms with E-state index in [9.17, 15) is 18.8 Å². The minimum absolute atomic E-state index is 0.0738. The monoisotopic (exact) mass is 357 g/mol. The SMILES string of the molecule is O=C(CCc1ccc(F)c2c1CCCC2)N1Cc2[nH]c(=O)[nH]c(=O)c2C1. The summed E-state index contributed by atoms with van der Waals surface area (Å²) in [6.45, 7) is 0.455. The van der Waals surface area contributed by atoms with E-state index >= 15 is 0 Å². The number of aromatic nitrogens is 2. The van der Waals surface area contributed by atoms with Crippen LogP contribution in [-0.2, 0) is 37.1 Å². The van der Waals surface area contributed by atoms with Crippen LogP contribution in [0.15, 0.2) is 21.7 Å². The molecule has 7 heteroatoms. The number of benzene rings is 1. The molecule has 2 heterocycles. The van der Waals surface area contributed by atoms with Crippen LogP contribution >= 0.6 is 0 Å². The summed E-state index contributed by atoms with van der Waals surface area (Å²) in [6.07, 6.45) is 4.54. The second-order valence-corrected chi connectivity index (χ2v) is 6.99. The molecule has 0 bridgehead atoms. The van der Waals surface area contributed by atoms with Crippen LogP contribution in [0, 0.1) is 5.82 Å². The molecule has 0 unspecified atom stereocenters. The molecule has 26 heavy (non-hydrogen) atoms. The lowest BCUT2D eigenvalue weighted by Crippen LogP contribution is -2.27. The second kappa shape index (κ2) is 6.55. The van der Waals surface area contributed by atoms with Gasteiger partial charge in [-0.05, 0) is 54.9 Å². The Kier molecular flexibility index (Phi) is 4.22. The van der Waals surface area contributed by atoms with Crippen molar-refractivity contribution in [1.29, 1.82) is 0 Å². The van der Waals surface area contributed by atoms with Crippen molar-refractivity contribution in [1.82, 2.24) is 14.9 Å². The van der Waals surface area contributed by atoms with Crippen molar-refractivity contribution >= 4 is 5.91 Å². The quantitative estimate of drug-likeness (QED) is 0.874. The van der Waals surface area contributed by atoms with Crippen LogP contribution in [-0.4, -0.2) is 20.8 Å². The second-order valence-electron chi connectivity index (χ2n) is 6.99. The zero-order chi connectivity index (χ0) is 18.3. The van der Waals surface area contributed by atoms with Crippen molar-refractivity contribution in [2.45, 2.75) is 51.6 Å². The molecule has 0 radical (unpaired) electrons. The summed E-state index contributed by atoms with van der Waals surface area (Å²) < 4.78 is 14.0. The summed E-state index contributed by atoms with van der Waals surface area (Å²) in [5, 5.41) is 0. The van der Waals surface area contributed by atoms with Crippen LogP contribution in [0.2, 0.25) is 0 Å². The highest BCUT2D eigenvalue weighted by atomic mass is 19.1. The number of carbonyl (C=O) groups is 1. The van der Waals surface area contributed by atoms with Crippen molar-refractivity contribution in [3.63, 3.8) is 0 Å². The molecular weight excluding hydrogens is 337 g/mol. The van der Waals surface area contributed by atoms with Crippen molar-refractivity contribution in [3.05, 3.63) is 66.7 Å². The Hall–Kier alpha value is -2.70. The smallest absolute Gasteiger partial charge is 0.325 e. The zero-order valence-electron chi connectivity index (χ0n) is 14.4. The first-order valence-corrected chi connectivity index (χ1v) is 8.94. The number of aryl methyl sites for hydroxylation is 1. The van der Waals surface area contributed by atoms with E-state index in [1.54, 1.807) is 11.0 Å². The van der Waals surface area contributed by atoms with E-state index in [-0.39, 0.29) is 24.8 Å². The number of nitrogens with zero attached hydrogens (tertiary/aromatic N) is 1. The first-order chi connectivity index (χ1) is 12.5. The average molecular weight is 357 g/mol. The van der Waals surface area contributed by atoms with E-state index in [0.717, 1.165) is 42.4 Å². The maximum Gasteiger partial charge on any atom is 0.325 e. The van der Waals surface area contributed by atoms with E-state index in [2.05, 4.69) is 9.97 Å². The number of halogens is 1. The van der Waals surface area contributed by atoms with E-state index in [1.807, 2.05) is 0 Å². The molecule has 136 valence electrons. The molecule has 1 amide bonds. The Labute approximate surface area is 149 Å².